The third kappa shape index (κ3) is 2.32. The minimum Gasteiger partial charge on any atom is -0.295 e. The van der Waals surface area contributed by atoms with E-state index >= 15 is 0 Å². The lowest BCUT2D eigenvalue weighted by atomic mass is 9.85. The van der Waals surface area contributed by atoms with Crippen molar-refractivity contribution in [3.8, 4) is 0 Å². The van der Waals surface area contributed by atoms with E-state index in [-0.39, 0.29) is 18.9 Å². The van der Waals surface area contributed by atoms with E-state index in [2.05, 4.69) is 21.2 Å². The molecule has 0 unspecified atom stereocenters. The van der Waals surface area contributed by atoms with Gasteiger partial charge in [0.25, 0.3) is 5.92 Å². The number of aromatic nitrogens is 2. The molecule has 3 nitrogen and oxygen atoms in total. The van der Waals surface area contributed by atoms with Crippen LogP contribution in [0.3, 0.4) is 0 Å². The van der Waals surface area contributed by atoms with Crippen molar-refractivity contribution in [2.24, 2.45) is 0 Å². The van der Waals surface area contributed by atoms with Crippen LogP contribution < -0.4 is 0 Å². The third-order valence-corrected chi connectivity index (χ3v) is 4.93. The molecule has 1 aromatic heterocycles. The molecule has 6 heteroatoms. The van der Waals surface area contributed by atoms with E-state index in [0.717, 1.165) is 35.1 Å². The Hall–Kier alpha value is -1.46. The zero-order valence-corrected chi connectivity index (χ0v) is 12.7. The van der Waals surface area contributed by atoms with Gasteiger partial charge in [-0.25, -0.2) is 8.78 Å². The number of benzene rings is 1. The van der Waals surface area contributed by atoms with Gasteiger partial charge in [0.2, 0.25) is 0 Å². The van der Waals surface area contributed by atoms with Gasteiger partial charge in [0.15, 0.2) is 0 Å². The Bertz CT molecular complexity index is 745. The first-order chi connectivity index (χ1) is 10.5. The smallest absolute Gasteiger partial charge is 0.251 e. The predicted octanol–water partition coefficient (Wildman–Crippen LogP) is 4.10. The van der Waals surface area contributed by atoms with E-state index in [1.807, 2.05) is 18.2 Å². The fraction of sp³-hybridized carbons (Fsp3) is 0.438. The molecule has 0 bridgehead atoms. The Morgan fingerprint density at radius 3 is 2.91 bits per heavy atom. The molecule has 0 amide bonds. The molecule has 1 aliphatic carbocycles. The van der Waals surface area contributed by atoms with E-state index < -0.39 is 5.92 Å². The molecule has 1 aromatic carbocycles. The number of H-pyrrole nitrogens is 1. The molecule has 1 fully saturated rings. The van der Waals surface area contributed by atoms with Gasteiger partial charge in [-0.15, -0.1) is 0 Å². The van der Waals surface area contributed by atoms with Crippen molar-refractivity contribution in [3.05, 3.63) is 35.0 Å². The minimum atomic E-state index is -2.47. The number of para-hydroxylation sites is 1. The minimum absolute atomic E-state index is 0.00327. The van der Waals surface area contributed by atoms with E-state index in [4.69, 9.17) is 11.6 Å². The lowest BCUT2D eigenvalue weighted by Crippen LogP contribution is -2.52. The van der Waals surface area contributed by atoms with Crippen molar-refractivity contribution in [1.29, 1.82) is 0 Å². The topological polar surface area (TPSA) is 31.9 Å². The van der Waals surface area contributed by atoms with Crippen LogP contribution in [0.5, 0.6) is 0 Å². The highest BCUT2D eigenvalue weighted by molar-refractivity contribution is 6.35. The van der Waals surface area contributed by atoms with Gasteiger partial charge < -0.3 is 0 Å². The van der Waals surface area contributed by atoms with Crippen LogP contribution in [0.2, 0.25) is 5.02 Å². The largest absolute Gasteiger partial charge is 0.295 e. The first kappa shape index (κ1) is 14.2. The zero-order valence-electron chi connectivity index (χ0n) is 12.0. The number of alkyl halides is 2. The lowest BCUT2D eigenvalue weighted by molar-refractivity contribution is -0.122. The van der Waals surface area contributed by atoms with Crippen LogP contribution in [0, 0.1) is 0 Å². The highest BCUT2D eigenvalue weighted by Crippen LogP contribution is 2.42. The van der Waals surface area contributed by atoms with Gasteiger partial charge in [-0.05, 0) is 18.1 Å². The summed E-state index contributed by atoms with van der Waals surface area (Å²) in [7, 11) is 0. The van der Waals surface area contributed by atoms with Crippen LogP contribution in [-0.4, -0.2) is 40.2 Å². The normalized spacial score (nSPS) is 22.6. The summed E-state index contributed by atoms with van der Waals surface area (Å²) in [6, 6.07) is 5.69. The van der Waals surface area contributed by atoms with Crippen molar-refractivity contribution >= 4 is 28.1 Å². The Labute approximate surface area is 131 Å². The standard InChI is InChI=1S/C16H16ClF2N3/c17-13-5-1-4-12-14(20-21-15(12)13)10-3-2-6-22(9-10)11-7-16(18,19)8-11/h1,3-5,11H,2,6-9H2,(H,20,21). The van der Waals surface area contributed by atoms with Gasteiger partial charge in [-0.1, -0.05) is 29.8 Å². The summed E-state index contributed by atoms with van der Waals surface area (Å²) in [5.41, 5.74) is 2.83. The second-order valence-electron chi connectivity index (χ2n) is 6.14. The molecule has 22 heavy (non-hydrogen) atoms. The van der Waals surface area contributed by atoms with Gasteiger partial charge in [0, 0.05) is 37.4 Å². The summed E-state index contributed by atoms with van der Waals surface area (Å²) in [5.74, 6) is -2.47. The van der Waals surface area contributed by atoms with Crippen LogP contribution >= 0.6 is 11.6 Å². The highest BCUT2D eigenvalue weighted by Gasteiger charge is 2.48. The van der Waals surface area contributed by atoms with Gasteiger partial charge >= 0.3 is 0 Å². The lowest BCUT2D eigenvalue weighted by Gasteiger charge is -2.44. The molecule has 0 spiro atoms. The number of nitrogens with one attached hydrogen (secondary N) is 1. The van der Waals surface area contributed by atoms with Gasteiger partial charge in [-0.3, -0.25) is 10.00 Å². The van der Waals surface area contributed by atoms with E-state index in [1.165, 1.54) is 0 Å². The van der Waals surface area contributed by atoms with Crippen molar-refractivity contribution in [2.75, 3.05) is 13.1 Å². The fourth-order valence-corrected chi connectivity index (χ4v) is 3.61. The monoisotopic (exact) mass is 323 g/mol. The first-order valence-electron chi connectivity index (χ1n) is 7.47. The maximum atomic E-state index is 13.1. The second kappa shape index (κ2) is 5.03. The maximum absolute atomic E-state index is 13.1. The summed E-state index contributed by atoms with van der Waals surface area (Å²) in [6.45, 7) is 1.53. The van der Waals surface area contributed by atoms with Gasteiger partial charge in [-0.2, -0.15) is 5.10 Å². The van der Waals surface area contributed by atoms with E-state index in [1.54, 1.807) is 0 Å². The predicted molar refractivity (Wildman–Crippen MR) is 83.2 cm³/mol. The van der Waals surface area contributed by atoms with Crippen LogP contribution in [0.25, 0.3) is 16.5 Å². The Kier molecular flexibility index (Phi) is 3.24. The number of nitrogens with zero attached hydrogens (tertiary/aromatic N) is 2. The third-order valence-electron chi connectivity index (χ3n) is 4.62. The number of fused-ring (bicyclic) bond motifs is 1. The fourth-order valence-electron chi connectivity index (χ4n) is 3.40. The zero-order chi connectivity index (χ0) is 15.3. The van der Waals surface area contributed by atoms with E-state index in [0.29, 0.717) is 11.6 Å². The molecule has 1 N–H and O–H groups in total. The quantitative estimate of drug-likeness (QED) is 0.902. The van der Waals surface area contributed by atoms with Gasteiger partial charge in [0.05, 0.1) is 10.7 Å². The Morgan fingerprint density at radius 1 is 1.32 bits per heavy atom. The summed E-state index contributed by atoms with van der Waals surface area (Å²) in [6.07, 6.45) is 3.01. The molecular formula is C16H16ClF2N3. The van der Waals surface area contributed by atoms with Crippen LogP contribution in [0.1, 0.15) is 25.0 Å². The molecule has 0 atom stereocenters. The number of rotatable bonds is 2. The van der Waals surface area contributed by atoms with Crippen molar-refractivity contribution in [2.45, 2.75) is 31.2 Å². The van der Waals surface area contributed by atoms with Crippen molar-refractivity contribution in [3.63, 3.8) is 0 Å². The molecule has 2 heterocycles. The molecule has 0 radical (unpaired) electrons. The molecule has 0 saturated heterocycles. The molecule has 2 aromatic rings. The van der Waals surface area contributed by atoms with Crippen molar-refractivity contribution in [1.82, 2.24) is 15.1 Å². The Balaban J connectivity index is 1.59. The van der Waals surface area contributed by atoms with Gasteiger partial charge in [0.1, 0.15) is 5.52 Å². The summed E-state index contributed by atoms with van der Waals surface area (Å²) >= 11 is 6.16. The maximum Gasteiger partial charge on any atom is 0.251 e. The molecular weight excluding hydrogens is 308 g/mol. The van der Waals surface area contributed by atoms with Crippen LogP contribution in [0.15, 0.2) is 24.3 Å². The summed E-state index contributed by atoms with van der Waals surface area (Å²) < 4.78 is 26.2. The number of hydrogen-bond acceptors (Lipinski definition) is 2. The SMILES string of the molecule is FC1(F)CC(N2CCC=C(c3[nH]nc4c(Cl)cccc34)C2)C1. The number of halogens is 3. The summed E-state index contributed by atoms with van der Waals surface area (Å²) in [4.78, 5) is 2.16. The number of aromatic amines is 1. The van der Waals surface area contributed by atoms with Crippen LogP contribution in [0.4, 0.5) is 8.78 Å². The summed E-state index contributed by atoms with van der Waals surface area (Å²) in [5, 5.41) is 8.95. The first-order valence-corrected chi connectivity index (χ1v) is 7.85. The van der Waals surface area contributed by atoms with Crippen LogP contribution in [-0.2, 0) is 0 Å². The molecule has 1 saturated carbocycles. The average molecular weight is 324 g/mol. The average Bonchev–Trinajstić information content (AvgIpc) is 2.90. The molecule has 1 aliphatic heterocycles. The van der Waals surface area contributed by atoms with E-state index in [9.17, 15) is 8.78 Å². The highest BCUT2D eigenvalue weighted by atomic mass is 35.5. The molecule has 2 aliphatic rings. The van der Waals surface area contributed by atoms with Crippen molar-refractivity contribution < 1.29 is 8.78 Å². The molecule has 116 valence electrons. The Morgan fingerprint density at radius 2 is 2.14 bits per heavy atom. The second-order valence-corrected chi connectivity index (χ2v) is 6.55. The number of hydrogen-bond donors (Lipinski definition) is 1. The molecule has 4 rings (SSSR count).